The van der Waals surface area contributed by atoms with Gasteiger partial charge in [0.2, 0.25) is 0 Å². The lowest BCUT2D eigenvalue weighted by Gasteiger charge is -2.04. The van der Waals surface area contributed by atoms with Crippen LogP contribution in [0.5, 0.6) is 0 Å². The average Bonchev–Trinajstić information content (AvgIpc) is 3.21. The van der Waals surface area contributed by atoms with E-state index in [0.717, 1.165) is 0 Å². The van der Waals surface area contributed by atoms with Crippen molar-refractivity contribution < 1.29 is 0 Å². The van der Waals surface area contributed by atoms with E-state index in [-0.39, 0.29) is 0 Å². The summed E-state index contributed by atoms with van der Waals surface area (Å²) in [6, 6.07) is 0. The van der Waals surface area contributed by atoms with Gasteiger partial charge in [0, 0.05) is 0 Å². The normalized spacial score (nSPS) is 11.4. The highest BCUT2D eigenvalue weighted by Gasteiger charge is 1.98. The predicted octanol–water partition coefficient (Wildman–Crippen LogP) is 22.3. The first-order chi connectivity index (χ1) is 27.8. The first kappa shape index (κ1) is 58.1. The van der Waals surface area contributed by atoms with Crippen LogP contribution in [0.1, 0.15) is 362 Å². The Balaban J connectivity index is 0. The molecule has 0 amide bonds. The second kappa shape index (κ2) is 59.3. The minimum absolute atomic E-state index is 1.37. The molecule has 0 bridgehead atoms. The van der Waals surface area contributed by atoms with Crippen molar-refractivity contribution in [1.29, 1.82) is 0 Å². The van der Waals surface area contributed by atoms with Gasteiger partial charge in [0.05, 0.1) is 0 Å². The summed E-state index contributed by atoms with van der Waals surface area (Å²) in [5.41, 5.74) is 0. The van der Waals surface area contributed by atoms with Gasteiger partial charge < -0.3 is 0 Å². The molecule has 0 aliphatic rings. The third-order valence-corrected chi connectivity index (χ3v) is 12.9. The van der Waals surface area contributed by atoms with Gasteiger partial charge in [-0.25, -0.2) is 0 Å². The second-order valence-corrected chi connectivity index (χ2v) is 19.0. The van der Waals surface area contributed by atoms with Crippen LogP contribution in [0, 0.1) is 0 Å². The van der Waals surface area contributed by atoms with Gasteiger partial charge in [-0.3, -0.25) is 0 Å². The quantitative estimate of drug-likeness (QED) is 0.0539. The van der Waals surface area contributed by atoms with E-state index in [1.807, 2.05) is 0 Å². The maximum Gasteiger partial charge on any atom is -0.0533 e. The maximum absolute atomic E-state index is 2.30. The van der Waals surface area contributed by atoms with Gasteiger partial charge in [-0.05, 0) is 0 Å². The summed E-state index contributed by atoms with van der Waals surface area (Å²) in [6.45, 7) is 9.22. The fourth-order valence-electron chi connectivity index (χ4n) is 8.78. The van der Waals surface area contributed by atoms with E-state index in [1.165, 1.54) is 334 Å². The van der Waals surface area contributed by atoms with E-state index in [4.69, 9.17) is 0 Å². The van der Waals surface area contributed by atoms with Crippen molar-refractivity contribution in [3.05, 3.63) is 0 Å². The van der Waals surface area contributed by atoms with Crippen LogP contribution in [0.2, 0.25) is 0 Å². The summed E-state index contributed by atoms with van der Waals surface area (Å²) in [7, 11) is 0. The van der Waals surface area contributed by atoms with Crippen molar-refractivity contribution in [2.45, 2.75) is 362 Å². The smallest absolute Gasteiger partial charge is 0.0533 e. The Morgan fingerprint density at radius 2 is 0.143 bits per heavy atom. The molecule has 0 unspecified atom stereocenters. The highest BCUT2D eigenvalue weighted by molar-refractivity contribution is 4.54. The molecule has 0 aromatic rings. The van der Waals surface area contributed by atoms with Crippen LogP contribution >= 0.6 is 0 Å². The van der Waals surface area contributed by atoms with Crippen molar-refractivity contribution in [3.8, 4) is 0 Å². The van der Waals surface area contributed by atoms with E-state index < -0.39 is 0 Å². The van der Waals surface area contributed by atoms with E-state index >= 15 is 0 Å². The number of rotatable bonds is 50. The fourth-order valence-corrected chi connectivity index (χ4v) is 8.78. The van der Waals surface area contributed by atoms with Gasteiger partial charge in [-0.2, -0.15) is 0 Å². The molecule has 0 aliphatic carbocycles. The molecule has 0 nitrogen and oxygen atoms in total. The lowest BCUT2D eigenvalue weighted by Crippen LogP contribution is -1.84. The zero-order chi connectivity index (χ0) is 40.8. The Morgan fingerprint density at radius 1 is 0.0893 bits per heavy atom. The van der Waals surface area contributed by atoms with E-state index in [2.05, 4.69) is 27.7 Å². The Morgan fingerprint density at radius 3 is 0.196 bits per heavy atom. The Kier molecular flexibility index (Phi) is 61.5. The van der Waals surface area contributed by atoms with Gasteiger partial charge >= 0.3 is 0 Å². The Hall–Kier alpha value is 0. The molecule has 56 heavy (non-hydrogen) atoms. The van der Waals surface area contributed by atoms with Crippen LogP contribution in [0.3, 0.4) is 0 Å². The van der Waals surface area contributed by atoms with E-state index in [1.54, 1.807) is 0 Å². The molecule has 0 fully saturated rings. The molecule has 0 heterocycles. The van der Waals surface area contributed by atoms with Gasteiger partial charge in [0.15, 0.2) is 0 Å². The molecule has 0 radical (unpaired) electrons. The number of hydrogen-bond acceptors (Lipinski definition) is 0. The van der Waals surface area contributed by atoms with Crippen LogP contribution in [-0.2, 0) is 0 Å². The lowest BCUT2D eigenvalue weighted by atomic mass is 10.0. The monoisotopic (exact) mass is 789 g/mol. The first-order valence-corrected chi connectivity index (χ1v) is 27.8. The second-order valence-electron chi connectivity index (χ2n) is 19.0. The van der Waals surface area contributed by atoms with E-state index in [0.29, 0.717) is 0 Å². The molecule has 0 N–H and O–H groups in total. The van der Waals surface area contributed by atoms with Gasteiger partial charge in [0.25, 0.3) is 0 Å². The van der Waals surface area contributed by atoms with Gasteiger partial charge in [0.1, 0.15) is 0 Å². The summed E-state index contributed by atoms with van der Waals surface area (Å²) >= 11 is 0. The molecule has 0 saturated carbocycles. The fraction of sp³-hybridized carbons (Fsp3) is 1.00. The van der Waals surface area contributed by atoms with Crippen molar-refractivity contribution in [3.63, 3.8) is 0 Å². The molecule has 0 aromatic heterocycles. The van der Waals surface area contributed by atoms with E-state index in [9.17, 15) is 0 Å². The zero-order valence-corrected chi connectivity index (χ0v) is 40.8. The molecular weight excluding hydrogens is 673 g/mol. The van der Waals surface area contributed by atoms with Crippen LogP contribution < -0.4 is 0 Å². The maximum atomic E-state index is 2.30. The standard InChI is InChI=1S/2C28H58/c2*1-3-5-7-9-11-13-15-17-19-21-23-25-27-28-26-24-22-20-18-16-14-12-10-8-6-4-2/h2*3-28H2,1-2H3. The highest BCUT2D eigenvalue weighted by atomic mass is 14.0. The molecule has 0 aromatic carbocycles. The first-order valence-electron chi connectivity index (χ1n) is 27.8. The summed E-state index contributed by atoms with van der Waals surface area (Å²) in [6.07, 6.45) is 76.8. The van der Waals surface area contributed by atoms with Crippen LogP contribution in [0.4, 0.5) is 0 Å². The SMILES string of the molecule is CCCCCCCCCCCCCCCCCCCCCCCCCCCC.CCCCCCCCCCCCCCCCCCCCCCCCCCCC. The average molecular weight is 790 g/mol. The third kappa shape index (κ3) is 60.7. The minimum atomic E-state index is 1.37. The van der Waals surface area contributed by atoms with Crippen molar-refractivity contribution in [2.75, 3.05) is 0 Å². The molecule has 0 heteroatoms. The molecule has 0 spiro atoms. The minimum Gasteiger partial charge on any atom is -0.0654 e. The Bertz CT molecular complexity index is 489. The van der Waals surface area contributed by atoms with Crippen molar-refractivity contribution in [1.82, 2.24) is 0 Å². The predicted molar refractivity (Wildman–Crippen MR) is 263 cm³/mol. The molecule has 0 aliphatic heterocycles. The summed E-state index contributed by atoms with van der Waals surface area (Å²) in [5.74, 6) is 0. The molecule has 0 saturated heterocycles. The van der Waals surface area contributed by atoms with Crippen LogP contribution in [-0.4, -0.2) is 0 Å². The van der Waals surface area contributed by atoms with Crippen molar-refractivity contribution in [2.24, 2.45) is 0 Å². The topological polar surface area (TPSA) is 0 Å². The number of hydrogen-bond donors (Lipinski definition) is 0. The molecule has 0 rings (SSSR count). The third-order valence-electron chi connectivity index (χ3n) is 12.9. The highest BCUT2D eigenvalue weighted by Crippen LogP contribution is 2.18. The summed E-state index contributed by atoms with van der Waals surface area (Å²) in [5, 5.41) is 0. The Labute approximate surface area is 360 Å². The zero-order valence-electron chi connectivity index (χ0n) is 40.8. The summed E-state index contributed by atoms with van der Waals surface area (Å²) < 4.78 is 0. The van der Waals surface area contributed by atoms with Gasteiger partial charge in [-0.15, -0.1) is 0 Å². The summed E-state index contributed by atoms with van der Waals surface area (Å²) in [4.78, 5) is 0. The number of unbranched alkanes of at least 4 members (excludes halogenated alkanes) is 50. The van der Waals surface area contributed by atoms with Crippen LogP contribution in [0.15, 0.2) is 0 Å². The largest absolute Gasteiger partial charge is 0.0654 e. The molecular formula is C56H116. The van der Waals surface area contributed by atoms with Crippen molar-refractivity contribution >= 4 is 0 Å². The van der Waals surface area contributed by atoms with Crippen LogP contribution in [0.25, 0.3) is 0 Å². The molecule has 340 valence electrons. The van der Waals surface area contributed by atoms with Gasteiger partial charge in [-0.1, -0.05) is 362 Å². The molecule has 0 atom stereocenters. The lowest BCUT2D eigenvalue weighted by molar-refractivity contribution is 0.516.